The van der Waals surface area contributed by atoms with Crippen LogP contribution in [0.4, 0.5) is 0 Å². The lowest BCUT2D eigenvalue weighted by atomic mass is 10.1. The lowest BCUT2D eigenvalue weighted by Crippen LogP contribution is -2.32. The Morgan fingerprint density at radius 3 is 2.38 bits per heavy atom. The van der Waals surface area contributed by atoms with Crippen LogP contribution in [0.2, 0.25) is 0 Å². The summed E-state index contributed by atoms with van der Waals surface area (Å²) < 4.78 is 0. The second-order valence-electron chi connectivity index (χ2n) is 5.20. The molecule has 1 aliphatic rings. The zero-order valence-corrected chi connectivity index (χ0v) is 9.48. The SMILES string of the molecule is CC(C)NCCNCC1CC1(C)C. The van der Waals surface area contributed by atoms with Crippen LogP contribution in [0.1, 0.15) is 34.1 Å². The Hall–Kier alpha value is -0.0800. The number of hydrogen-bond acceptors (Lipinski definition) is 2. The fraction of sp³-hybridized carbons (Fsp3) is 1.00. The third-order valence-corrected chi connectivity index (χ3v) is 2.96. The largest absolute Gasteiger partial charge is 0.315 e. The summed E-state index contributed by atoms with van der Waals surface area (Å²) in [5.41, 5.74) is 0.623. The summed E-state index contributed by atoms with van der Waals surface area (Å²) in [5.74, 6) is 0.923. The van der Waals surface area contributed by atoms with Gasteiger partial charge >= 0.3 is 0 Å². The molecule has 2 heteroatoms. The van der Waals surface area contributed by atoms with Crippen LogP contribution in [0.15, 0.2) is 0 Å². The first-order valence-corrected chi connectivity index (χ1v) is 5.46. The van der Waals surface area contributed by atoms with E-state index in [1.165, 1.54) is 13.0 Å². The maximum atomic E-state index is 3.50. The van der Waals surface area contributed by atoms with E-state index < -0.39 is 0 Å². The molecule has 0 heterocycles. The Kier molecular flexibility index (Phi) is 3.74. The molecular weight excluding hydrogens is 160 g/mol. The Morgan fingerprint density at radius 2 is 1.92 bits per heavy atom. The molecule has 13 heavy (non-hydrogen) atoms. The summed E-state index contributed by atoms with van der Waals surface area (Å²) in [4.78, 5) is 0. The lowest BCUT2D eigenvalue weighted by molar-refractivity contribution is 0.502. The molecule has 1 fully saturated rings. The van der Waals surface area contributed by atoms with Crippen molar-refractivity contribution in [2.24, 2.45) is 11.3 Å². The third kappa shape index (κ3) is 4.10. The van der Waals surface area contributed by atoms with Crippen molar-refractivity contribution in [3.63, 3.8) is 0 Å². The van der Waals surface area contributed by atoms with Gasteiger partial charge in [-0.15, -0.1) is 0 Å². The predicted molar refractivity (Wildman–Crippen MR) is 57.9 cm³/mol. The van der Waals surface area contributed by atoms with Gasteiger partial charge < -0.3 is 10.6 Å². The zero-order chi connectivity index (χ0) is 9.90. The second-order valence-corrected chi connectivity index (χ2v) is 5.20. The van der Waals surface area contributed by atoms with Crippen LogP contribution in [0.3, 0.4) is 0 Å². The van der Waals surface area contributed by atoms with Crippen LogP contribution in [0.5, 0.6) is 0 Å². The molecule has 2 nitrogen and oxygen atoms in total. The van der Waals surface area contributed by atoms with Crippen molar-refractivity contribution in [3.8, 4) is 0 Å². The summed E-state index contributed by atoms with van der Waals surface area (Å²) in [7, 11) is 0. The highest BCUT2D eigenvalue weighted by Gasteiger charge is 2.44. The summed E-state index contributed by atoms with van der Waals surface area (Å²) >= 11 is 0. The molecule has 1 atom stereocenters. The van der Waals surface area contributed by atoms with Crippen LogP contribution in [-0.4, -0.2) is 25.7 Å². The molecule has 0 amide bonds. The van der Waals surface area contributed by atoms with Gasteiger partial charge in [0, 0.05) is 19.1 Å². The molecular formula is C11H24N2. The normalized spacial score (nSPS) is 25.2. The van der Waals surface area contributed by atoms with Crippen molar-refractivity contribution >= 4 is 0 Å². The summed E-state index contributed by atoms with van der Waals surface area (Å²) in [6.45, 7) is 12.5. The van der Waals surface area contributed by atoms with Crippen LogP contribution in [-0.2, 0) is 0 Å². The molecule has 78 valence electrons. The van der Waals surface area contributed by atoms with Crippen molar-refractivity contribution in [3.05, 3.63) is 0 Å². The van der Waals surface area contributed by atoms with Gasteiger partial charge in [0.1, 0.15) is 0 Å². The van der Waals surface area contributed by atoms with Gasteiger partial charge in [0.2, 0.25) is 0 Å². The van der Waals surface area contributed by atoms with Crippen molar-refractivity contribution in [2.45, 2.75) is 40.2 Å². The van der Waals surface area contributed by atoms with E-state index in [0.29, 0.717) is 11.5 Å². The zero-order valence-electron chi connectivity index (χ0n) is 9.48. The quantitative estimate of drug-likeness (QED) is 0.613. The van der Waals surface area contributed by atoms with Crippen molar-refractivity contribution in [2.75, 3.05) is 19.6 Å². The molecule has 0 saturated heterocycles. The van der Waals surface area contributed by atoms with E-state index in [0.717, 1.165) is 19.0 Å². The third-order valence-electron chi connectivity index (χ3n) is 2.96. The number of rotatable bonds is 6. The van der Waals surface area contributed by atoms with E-state index in [2.05, 4.69) is 38.3 Å². The Labute approximate surface area is 82.5 Å². The van der Waals surface area contributed by atoms with E-state index in [1.54, 1.807) is 0 Å². The fourth-order valence-electron chi connectivity index (χ4n) is 1.65. The Bertz CT molecular complexity index is 152. The molecule has 0 aromatic heterocycles. The first-order valence-electron chi connectivity index (χ1n) is 5.46. The first kappa shape index (κ1) is 11.0. The van der Waals surface area contributed by atoms with Crippen LogP contribution >= 0.6 is 0 Å². The van der Waals surface area contributed by atoms with Crippen molar-refractivity contribution in [1.82, 2.24) is 10.6 Å². The lowest BCUT2D eigenvalue weighted by Gasteiger charge is -2.09. The molecule has 1 saturated carbocycles. The summed E-state index contributed by atoms with van der Waals surface area (Å²) in [6.07, 6.45) is 1.40. The monoisotopic (exact) mass is 184 g/mol. The summed E-state index contributed by atoms with van der Waals surface area (Å²) in [6, 6.07) is 0.610. The minimum absolute atomic E-state index is 0.610. The van der Waals surface area contributed by atoms with Crippen LogP contribution in [0.25, 0.3) is 0 Å². The van der Waals surface area contributed by atoms with E-state index >= 15 is 0 Å². The maximum absolute atomic E-state index is 3.50. The molecule has 0 radical (unpaired) electrons. The maximum Gasteiger partial charge on any atom is 0.00790 e. The van der Waals surface area contributed by atoms with Gasteiger partial charge in [0.15, 0.2) is 0 Å². The van der Waals surface area contributed by atoms with Crippen molar-refractivity contribution < 1.29 is 0 Å². The molecule has 0 aliphatic heterocycles. The average molecular weight is 184 g/mol. The minimum Gasteiger partial charge on any atom is -0.315 e. The van der Waals surface area contributed by atoms with E-state index in [9.17, 15) is 0 Å². The van der Waals surface area contributed by atoms with Crippen LogP contribution in [0, 0.1) is 11.3 Å². The minimum atomic E-state index is 0.610. The van der Waals surface area contributed by atoms with Gasteiger partial charge in [-0.3, -0.25) is 0 Å². The molecule has 2 N–H and O–H groups in total. The Balaban J connectivity index is 1.86. The molecule has 1 rings (SSSR count). The smallest absolute Gasteiger partial charge is 0.00790 e. The van der Waals surface area contributed by atoms with Gasteiger partial charge in [-0.2, -0.15) is 0 Å². The highest BCUT2D eigenvalue weighted by Crippen LogP contribution is 2.50. The molecule has 0 spiro atoms. The molecule has 0 aromatic rings. The van der Waals surface area contributed by atoms with Crippen LogP contribution < -0.4 is 10.6 Å². The molecule has 0 aromatic carbocycles. The van der Waals surface area contributed by atoms with Gasteiger partial charge in [0.25, 0.3) is 0 Å². The molecule has 1 aliphatic carbocycles. The van der Waals surface area contributed by atoms with E-state index in [-0.39, 0.29) is 0 Å². The molecule has 1 unspecified atom stereocenters. The number of hydrogen-bond donors (Lipinski definition) is 2. The highest BCUT2D eigenvalue weighted by molar-refractivity contribution is 4.95. The topological polar surface area (TPSA) is 24.1 Å². The van der Waals surface area contributed by atoms with Gasteiger partial charge in [-0.05, 0) is 24.3 Å². The van der Waals surface area contributed by atoms with E-state index in [4.69, 9.17) is 0 Å². The van der Waals surface area contributed by atoms with E-state index in [1.807, 2.05) is 0 Å². The average Bonchev–Trinajstić information content (AvgIpc) is 2.58. The fourth-order valence-corrected chi connectivity index (χ4v) is 1.65. The van der Waals surface area contributed by atoms with Crippen molar-refractivity contribution in [1.29, 1.82) is 0 Å². The van der Waals surface area contributed by atoms with Gasteiger partial charge in [-0.1, -0.05) is 27.7 Å². The summed E-state index contributed by atoms with van der Waals surface area (Å²) in [5, 5.41) is 6.89. The first-order chi connectivity index (χ1) is 6.02. The predicted octanol–water partition coefficient (Wildman–Crippen LogP) is 1.62. The standard InChI is InChI=1S/C11H24N2/c1-9(2)13-6-5-12-8-10-7-11(10,3)4/h9-10,12-13H,5-8H2,1-4H3. The number of nitrogens with one attached hydrogen (secondary N) is 2. The Morgan fingerprint density at radius 1 is 1.31 bits per heavy atom. The van der Waals surface area contributed by atoms with Gasteiger partial charge in [-0.25, -0.2) is 0 Å². The highest BCUT2D eigenvalue weighted by atomic mass is 15.0. The molecule has 0 bridgehead atoms. The van der Waals surface area contributed by atoms with Gasteiger partial charge in [0.05, 0.1) is 0 Å². The second kappa shape index (κ2) is 4.43.